The molecule has 0 aromatic heterocycles. The molecule has 11 heteroatoms. The second kappa shape index (κ2) is 32.8. The molecule has 0 aliphatic rings. The Hall–Kier alpha value is -2.57. The Morgan fingerprint density at radius 2 is 0.906 bits per heavy atom. The lowest BCUT2D eigenvalue weighted by Crippen LogP contribution is -2.45. The number of ether oxygens (including phenoxy) is 6. The second-order valence-electron chi connectivity index (χ2n) is 13.8. The second-order valence-corrected chi connectivity index (χ2v) is 13.8. The molecule has 0 amide bonds. The Kier molecular flexibility index (Phi) is 30.0. The van der Waals surface area contributed by atoms with Crippen LogP contribution in [-0.4, -0.2) is 86.9 Å². The normalized spacial score (nSPS) is 11.6. The Morgan fingerprint density at radius 3 is 1.34 bits per heavy atom. The molecule has 0 bridgehead atoms. The van der Waals surface area contributed by atoms with Crippen LogP contribution < -0.4 is 0 Å². The number of aromatic carboxylic acids is 2. The third-order valence-electron chi connectivity index (χ3n) is 9.04. The van der Waals surface area contributed by atoms with Crippen molar-refractivity contribution in [3.8, 4) is 0 Å². The summed E-state index contributed by atoms with van der Waals surface area (Å²) in [5.74, 6) is -4.88. The van der Waals surface area contributed by atoms with E-state index in [9.17, 15) is 19.5 Å². The molecule has 306 valence electrons. The van der Waals surface area contributed by atoms with Gasteiger partial charge in [0.25, 0.3) is 0 Å². The molecule has 1 rings (SSSR count). The Balaban J connectivity index is 2.69. The van der Waals surface area contributed by atoms with Gasteiger partial charge in [-0.25, -0.2) is 14.4 Å². The van der Waals surface area contributed by atoms with Gasteiger partial charge < -0.3 is 38.6 Å². The molecule has 0 saturated carbocycles. The number of benzene rings is 1. The van der Waals surface area contributed by atoms with Crippen molar-refractivity contribution in [2.45, 2.75) is 162 Å². The van der Waals surface area contributed by atoms with Crippen molar-refractivity contribution in [3.05, 3.63) is 34.9 Å². The summed E-state index contributed by atoms with van der Waals surface area (Å²) >= 11 is 0. The number of rotatable bonds is 38. The minimum atomic E-state index is -1.42. The molecule has 1 aromatic rings. The molecule has 11 nitrogen and oxygen atoms in total. The summed E-state index contributed by atoms with van der Waals surface area (Å²) in [6.45, 7) is 8.75. The van der Waals surface area contributed by atoms with Gasteiger partial charge in [0.15, 0.2) is 0 Å². The molecule has 0 heterocycles. The first-order valence-electron chi connectivity index (χ1n) is 20.6. The average Bonchev–Trinajstić information content (AvgIpc) is 3.15. The average molecular weight is 753 g/mol. The van der Waals surface area contributed by atoms with Crippen molar-refractivity contribution >= 4 is 17.9 Å². The molecule has 0 atom stereocenters. The number of hydrogen-bond donors (Lipinski definition) is 2. The summed E-state index contributed by atoms with van der Waals surface area (Å²) in [6, 6.07) is 3.23. The van der Waals surface area contributed by atoms with Crippen LogP contribution in [0.25, 0.3) is 0 Å². The predicted molar refractivity (Wildman–Crippen MR) is 207 cm³/mol. The van der Waals surface area contributed by atoms with E-state index in [0.29, 0.717) is 19.8 Å². The topological polar surface area (TPSA) is 147 Å². The van der Waals surface area contributed by atoms with Gasteiger partial charge in [0.2, 0.25) is 0 Å². The van der Waals surface area contributed by atoms with Gasteiger partial charge >= 0.3 is 23.9 Å². The van der Waals surface area contributed by atoms with Crippen molar-refractivity contribution in [1.29, 1.82) is 0 Å². The quantitative estimate of drug-likeness (QED) is 0.0378. The van der Waals surface area contributed by atoms with Crippen molar-refractivity contribution in [2.24, 2.45) is 0 Å². The first kappa shape index (κ1) is 48.4. The fourth-order valence-corrected chi connectivity index (χ4v) is 5.83. The molecule has 0 unspecified atom stereocenters. The zero-order chi connectivity index (χ0) is 38.8. The SMILES string of the molecule is CCCCCCCCCOC(COCCOCCOC(=O)c1ccc(C(=O)O)cc1C(=O)O)(OCCCCCCCCC)OCCCCCCCCC. The van der Waals surface area contributed by atoms with Crippen molar-refractivity contribution in [2.75, 3.05) is 52.9 Å². The van der Waals surface area contributed by atoms with Crippen LogP contribution in [0.15, 0.2) is 18.2 Å². The summed E-state index contributed by atoms with van der Waals surface area (Å²) in [6.07, 6.45) is 24.7. The van der Waals surface area contributed by atoms with Crippen molar-refractivity contribution < 1.29 is 53.0 Å². The number of unbranched alkanes of at least 4 members (excludes halogenated alkanes) is 18. The zero-order valence-electron chi connectivity index (χ0n) is 33.3. The Bertz CT molecular complexity index is 1030. The van der Waals surface area contributed by atoms with E-state index >= 15 is 0 Å². The van der Waals surface area contributed by atoms with Crippen LogP contribution in [0.5, 0.6) is 0 Å². The van der Waals surface area contributed by atoms with Gasteiger partial charge in [-0.2, -0.15) is 0 Å². The fourth-order valence-electron chi connectivity index (χ4n) is 5.83. The fraction of sp³-hybridized carbons (Fsp3) is 0.786. The molecule has 0 saturated heterocycles. The lowest BCUT2D eigenvalue weighted by atomic mass is 10.0. The van der Waals surface area contributed by atoms with Gasteiger partial charge in [-0.05, 0) is 37.5 Å². The molecular weight excluding hydrogens is 680 g/mol. The van der Waals surface area contributed by atoms with Gasteiger partial charge in [0, 0.05) is 0 Å². The third kappa shape index (κ3) is 24.5. The number of hydrogen-bond acceptors (Lipinski definition) is 9. The molecular formula is C42H72O11. The van der Waals surface area contributed by atoms with Crippen LogP contribution in [0.4, 0.5) is 0 Å². The van der Waals surface area contributed by atoms with E-state index in [1.54, 1.807) is 0 Å². The Morgan fingerprint density at radius 1 is 0.491 bits per heavy atom. The number of carbonyl (C=O) groups excluding carboxylic acids is 1. The summed E-state index contributed by atoms with van der Waals surface area (Å²) in [5, 5.41) is 18.6. The molecule has 2 N–H and O–H groups in total. The van der Waals surface area contributed by atoms with Gasteiger partial charge in [-0.15, -0.1) is 0 Å². The molecule has 0 aliphatic carbocycles. The van der Waals surface area contributed by atoms with Crippen LogP contribution in [0.2, 0.25) is 0 Å². The van der Waals surface area contributed by atoms with Crippen LogP contribution in [0.3, 0.4) is 0 Å². The van der Waals surface area contributed by atoms with Crippen molar-refractivity contribution in [1.82, 2.24) is 0 Å². The van der Waals surface area contributed by atoms with Crippen molar-refractivity contribution in [3.63, 3.8) is 0 Å². The largest absolute Gasteiger partial charge is 0.478 e. The molecule has 0 radical (unpaired) electrons. The highest BCUT2D eigenvalue weighted by Crippen LogP contribution is 2.21. The number of esters is 1. The summed E-state index contributed by atoms with van der Waals surface area (Å²) < 4.78 is 36.0. The lowest BCUT2D eigenvalue weighted by Gasteiger charge is -2.33. The van der Waals surface area contributed by atoms with Gasteiger partial charge in [0.1, 0.15) is 13.2 Å². The lowest BCUT2D eigenvalue weighted by molar-refractivity contribution is -0.395. The van der Waals surface area contributed by atoms with Crippen LogP contribution >= 0.6 is 0 Å². The highest BCUT2D eigenvalue weighted by Gasteiger charge is 2.34. The van der Waals surface area contributed by atoms with Gasteiger partial charge in [-0.3, -0.25) is 0 Å². The number of carboxylic acids is 2. The van der Waals surface area contributed by atoms with E-state index in [0.717, 1.165) is 56.7 Å². The molecule has 53 heavy (non-hydrogen) atoms. The monoisotopic (exact) mass is 753 g/mol. The first-order chi connectivity index (χ1) is 25.8. The van der Waals surface area contributed by atoms with E-state index in [4.69, 9.17) is 33.5 Å². The van der Waals surface area contributed by atoms with Crippen LogP contribution in [-0.2, 0) is 28.4 Å². The Labute approximate surface area is 319 Å². The van der Waals surface area contributed by atoms with E-state index in [2.05, 4.69) is 20.8 Å². The minimum absolute atomic E-state index is 0.0636. The summed E-state index contributed by atoms with van der Waals surface area (Å²) in [4.78, 5) is 35.3. The van der Waals surface area contributed by atoms with Crippen LogP contribution in [0, 0.1) is 0 Å². The van der Waals surface area contributed by atoms with Gasteiger partial charge in [-0.1, -0.05) is 136 Å². The zero-order valence-corrected chi connectivity index (χ0v) is 33.3. The maximum atomic E-state index is 12.5. The molecule has 1 aromatic carbocycles. The van der Waals surface area contributed by atoms with E-state index in [-0.39, 0.29) is 44.2 Å². The highest BCUT2D eigenvalue weighted by molar-refractivity contribution is 6.04. The summed E-state index contributed by atoms with van der Waals surface area (Å²) in [7, 11) is 0. The highest BCUT2D eigenvalue weighted by atomic mass is 16.9. The van der Waals surface area contributed by atoms with E-state index in [1.807, 2.05) is 0 Å². The minimum Gasteiger partial charge on any atom is -0.478 e. The number of carboxylic acid groups (broad SMARTS) is 2. The molecule has 0 fully saturated rings. The molecule has 0 aliphatic heterocycles. The first-order valence-corrected chi connectivity index (χ1v) is 20.6. The van der Waals surface area contributed by atoms with Crippen LogP contribution in [0.1, 0.15) is 187 Å². The maximum absolute atomic E-state index is 12.5. The third-order valence-corrected chi connectivity index (χ3v) is 9.04. The maximum Gasteiger partial charge on any atom is 0.339 e. The standard InChI is InChI=1S/C42H72O11/c1-4-7-10-13-16-19-22-27-51-42(52-28-23-20-17-14-11-8-5-2,53-29-24-21-18-15-12-9-6-3)35-49-31-30-48-32-33-50-41(47)37-26-25-36(39(43)44)34-38(37)40(45)46/h25-26,34H,4-24,27-33,35H2,1-3H3,(H,43,44)(H,45,46). The smallest absolute Gasteiger partial charge is 0.339 e. The molecule has 0 spiro atoms. The van der Waals surface area contributed by atoms with E-state index in [1.165, 1.54) is 96.3 Å². The number of carbonyl (C=O) groups is 3. The summed E-state index contributed by atoms with van der Waals surface area (Å²) in [5.41, 5.74) is -0.905. The van der Waals surface area contributed by atoms with E-state index < -0.39 is 29.4 Å². The van der Waals surface area contributed by atoms with Gasteiger partial charge in [0.05, 0.1) is 56.3 Å². The predicted octanol–water partition coefficient (Wildman–Crippen LogP) is 10.2.